The maximum absolute atomic E-state index is 5.79. The van der Waals surface area contributed by atoms with E-state index in [4.69, 9.17) is 10.5 Å². The quantitative estimate of drug-likeness (QED) is 0.832. The van der Waals surface area contributed by atoms with Crippen LogP contribution in [0.15, 0.2) is 0 Å². The Bertz CT molecular complexity index is 407. The fourth-order valence-electron chi connectivity index (χ4n) is 1.94. The van der Waals surface area contributed by atoms with Crippen LogP contribution in [0.5, 0.6) is 0 Å². The van der Waals surface area contributed by atoms with Gasteiger partial charge >= 0.3 is 0 Å². The van der Waals surface area contributed by atoms with Gasteiger partial charge in [-0.3, -0.25) is 0 Å². The summed E-state index contributed by atoms with van der Waals surface area (Å²) in [5.41, 5.74) is 5.79. The fraction of sp³-hybridized carbons (Fsp3) is 0.750. The Morgan fingerprint density at radius 3 is 2.68 bits per heavy atom. The molecule has 0 bridgehead atoms. The number of nitrogens with zero attached hydrogens (tertiary/aromatic N) is 5. The van der Waals surface area contributed by atoms with E-state index < -0.39 is 0 Å². The van der Waals surface area contributed by atoms with Gasteiger partial charge in [-0.1, -0.05) is 13.3 Å². The van der Waals surface area contributed by atoms with Crippen LogP contribution in [0.25, 0.3) is 0 Å². The molecular formula is C12H22N6O. The van der Waals surface area contributed by atoms with Crippen LogP contribution in [-0.4, -0.2) is 54.8 Å². The molecule has 7 heteroatoms. The normalized spacial score (nSPS) is 15.6. The van der Waals surface area contributed by atoms with E-state index in [1.54, 1.807) is 0 Å². The van der Waals surface area contributed by atoms with Crippen molar-refractivity contribution in [1.82, 2.24) is 15.0 Å². The van der Waals surface area contributed by atoms with E-state index in [1.165, 1.54) is 0 Å². The highest BCUT2D eigenvalue weighted by Crippen LogP contribution is 2.15. The Hall–Kier alpha value is -1.63. The highest BCUT2D eigenvalue weighted by atomic mass is 16.5. The van der Waals surface area contributed by atoms with Gasteiger partial charge in [-0.25, -0.2) is 0 Å². The molecule has 19 heavy (non-hydrogen) atoms. The minimum Gasteiger partial charge on any atom is -0.378 e. The second-order valence-corrected chi connectivity index (χ2v) is 4.67. The summed E-state index contributed by atoms with van der Waals surface area (Å²) in [6.45, 7) is 6.07. The molecule has 2 heterocycles. The Labute approximate surface area is 113 Å². The van der Waals surface area contributed by atoms with Gasteiger partial charge in [-0.15, -0.1) is 0 Å². The van der Waals surface area contributed by atoms with Crippen LogP contribution in [0.4, 0.5) is 17.8 Å². The van der Waals surface area contributed by atoms with Crippen molar-refractivity contribution in [1.29, 1.82) is 0 Å². The van der Waals surface area contributed by atoms with Gasteiger partial charge in [-0.05, 0) is 6.42 Å². The molecule has 0 aliphatic carbocycles. The number of hydrogen-bond acceptors (Lipinski definition) is 7. The largest absolute Gasteiger partial charge is 0.378 e. The molecular weight excluding hydrogens is 244 g/mol. The minimum atomic E-state index is 0.273. The maximum Gasteiger partial charge on any atom is 0.232 e. The first-order chi connectivity index (χ1) is 9.20. The maximum atomic E-state index is 5.79. The highest BCUT2D eigenvalue weighted by molar-refractivity contribution is 5.43. The SMILES string of the molecule is CCCCN(C)c1nc(N)nc(N2CCOCC2)n1. The molecule has 0 saturated carbocycles. The number of hydrogen-bond donors (Lipinski definition) is 1. The van der Waals surface area contributed by atoms with Crippen molar-refractivity contribution in [3.05, 3.63) is 0 Å². The summed E-state index contributed by atoms with van der Waals surface area (Å²) in [5.74, 6) is 1.56. The van der Waals surface area contributed by atoms with Crippen LogP contribution in [0.3, 0.4) is 0 Å². The van der Waals surface area contributed by atoms with Gasteiger partial charge in [0.2, 0.25) is 17.8 Å². The van der Waals surface area contributed by atoms with Gasteiger partial charge in [0.1, 0.15) is 0 Å². The molecule has 1 aromatic heterocycles. The Morgan fingerprint density at radius 1 is 1.26 bits per heavy atom. The molecule has 1 saturated heterocycles. The summed E-state index contributed by atoms with van der Waals surface area (Å²) in [6, 6.07) is 0. The van der Waals surface area contributed by atoms with Gasteiger partial charge in [0.15, 0.2) is 0 Å². The highest BCUT2D eigenvalue weighted by Gasteiger charge is 2.16. The van der Waals surface area contributed by atoms with Gasteiger partial charge < -0.3 is 20.3 Å². The summed E-state index contributed by atoms with van der Waals surface area (Å²) >= 11 is 0. The molecule has 1 aromatic rings. The zero-order valence-electron chi connectivity index (χ0n) is 11.7. The first-order valence-electron chi connectivity index (χ1n) is 6.76. The number of nitrogen functional groups attached to an aromatic ring is 1. The fourth-order valence-corrected chi connectivity index (χ4v) is 1.94. The molecule has 1 aliphatic heterocycles. The summed E-state index contributed by atoms with van der Waals surface area (Å²) in [7, 11) is 1.98. The average molecular weight is 266 g/mol. The van der Waals surface area contributed by atoms with Gasteiger partial charge in [-0.2, -0.15) is 15.0 Å². The molecule has 1 fully saturated rings. The third kappa shape index (κ3) is 3.66. The van der Waals surface area contributed by atoms with E-state index in [1.807, 2.05) is 11.9 Å². The van der Waals surface area contributed by atoms with E-state index in [-0.39, 0.29) is 5.95 Å². The molecule has 0 aromatic carbocycles. The number of anilines is 3. The molecule has 0 spiro atoms. The van der Waals surface area contributed by atoms with Crippen molar-refractivity contribution in [2.24, 2.45) is 0 Å². The van der Waals surface area contributed by atoms with Crippen LogP contribution in [0.2, 0.25) is 0 Å². The first-order valence-corrected chi connectivity index (χ1v) is 6.76. The number of nitrogens with two attached hydrogens (primary N) is 1. The number of morpholine rings is 1. The Balaban J connectivity index is 2.13. The summed E-state index contributed by atoms with van der Waals surface area (Å²) in [5, 5.41) is 0. The second kappa shape index (κ2) is 6.51. The number of aromatic nitrogens is 3. The predicted octanol–water partition coefficient (Wildman–Crippen LogP) is 0.527. The zero-order chi connectivity index (χ0) is 13.7. The van der Waals surface area contributed by atoms with E-state index in [0.29, 0.717) is 25.1 Å². The molecule has 2 N–H and O–H groups in total. The van der Waals surface area contributed by atoms with Gasteiger partial charge in [0.25, 0.3) is 0 Å². The van der Waals surface area contributed by atoms with Crippen molar-refractivity contribution in [2.75, 3.05) is 55.4 Å². The summed E-state index contributed by atoms with van der Waals surface area (Å²) in [6.07, 6.45) is 2.25. The van der Waals surface area contributed by atoms with Crippen molar-refractivity contribution in [2.45, 2.75) is 19.8 Å². The molecule has 0 atom stereocenters. The molecule has 0 radical (unpaired) electrons. The van der Waals surface area contributed by atoms with Crippen LogP contribution in [0, 0.1) is 0 Å². The van der Waals surface area contributed by atoms with Crippen LogP contribution >= 0.6 is 0 Å². The van der Waals surface area contributed by atoms with Crippen molar-refractivity contribution >= 4 is 17.8 Å². The molecule has 2 rings (SSSR count). The van der Waals surface area contributed by atoms with E-state index in [9.17, 15) is 0 Å². The van der Waals surface area contributed by atoms with Gasteiger partial charge in [0, 0.05) is 26.7 Å². The van der Waals surface area contributed by atoms with Crippen molar-refractivity contribution in [3.63, 3.8) is 0 Å². The zero-order valence-corrected chi connectivity index (χ0v) is 11.7. The summed E-state index contributed by atoms with van der Waals surface area (Å²) in [4.78, 5) is 17.0. The second-order valence-electron chi connectivity index (χ2n) is 4.67. The minimum absolute atomic E-state index is 0.273. The monoisotopic (exact) mass is 266 g/mol. The smallest absolute Gasteiger partial charge is 0.232 e. The predicted molar refractivity (Wildman–Crippen MR) is 75.4 cm³/mol. The van der Waals surface area contributed by atoms with Crippen LogP contribution in [-0.2, 0) is 4.74 Å². The van der Waals surface area contributed by atoms with Crippen LogP contribution in [0.1, 0.15) is 19.8 Å². The topological polar surface area (TPSA) is 80.4 Å². The average Bonchev–Trinajstić information content (AvgIpc) is 2.45. The Kier molecular flexibility index (Phi) is 4.73. The lowest BCUT2D eigenvalue weighted by Gasteiger charge is -2.27. The molecule has 1 aliphatic rings. The number of unbranched alkanes of at least 4 members (excludes halogenated alkanes) is 1. The third-order valence-electron chi connectivity index (χ3n) is 3.11. The first kappa shape index (κ1) is 13.8. The lowest BCUT2D eigenvalue weighted by Crippen LogP contribution is -2.38. The standard InChI is InChI=1S/C12H22N6O/c1-3-4-5-17(2)11-14-10(13)15-12(16-11)18-6-8-19-9-7-18/h3-9H2,1-2H3,(H2,13,14,15,16). The van der Waals surface area contributed by atoms with Crippen LogP contribution < -0.4 is 15.5 Å². The van der Waals surface area contributed by atoms with Crippen molar-refractivity contribution in [3.8, 4) is 0 Å². The number of rotatable bonds is 5. The van der Waals surface area contributed by atoms with E-state index >= 15 is 0 Å². The molecule has 7 nitrogen and oxygen atoms in total. The third-order valence-corrected chi connectivity index (χ3v) is 3.11. The molecule has 0 amide bonds. The summed E-state index contributed by atoms with van der Waals surface area (Å²) < 4.78 is 5.33. The lowest BCUT2D eigenvalue weighted by atomic mass is 10.3. The lowest BCUT2D eigenvalue weighted by molar-refractivity contribution is 0.122. The van der Waals surface area contributed by atoms with E-state index in [0.717, 1.165) is 32.5 Å². The molecule has 0 unspecified atom stereocenters. The number of ether oxygens (including phenoxy) is 1. The Morgan fingerprint density at radius 2 is 2.00 bits per heavy atom. The van der Waals surface area contributed by atoms with Gasteiger partial charge in [0.05, 0.1) is 13.2 Å². The van der Waals surface area contributed by atoms with E-state index in [2.05, 4.69) is 26.8 Å². The molecule has 106 valence electrons. The van der Waals surface area contributed by atoms with Crippen molar-refractivity contribution < 1.29 is 4.74 Å².